The quantitative estimate of drug-likeness (QED) is 0.727. The molecule has 0 spiro atoms. The Morgan fingerprint density at radius 1 is 0.833 bits per heavy atom. The van der Waals surface area contributed by atoms with Crippen LogP contribution in [0.2, 0.25) is 0 Å². The Balaban J connectivity index is 1.18. The van der Waals surface area contributed by atoms with E-state index < -0.39 is 0 Å². The van der Waals surface area contributed by atoms with Crippen LogP contribution in [0.25, 0.3) is 0 Å². The van der Waals surface area contributed by atoms with Gasteiger partial charge in [0.25, 0.3) is 5.91 Å². The third-order valence-corrected chi connectivity index (χ3v) is 7.47. The van der Waals surface area contributed by atoms with Gasteiger partial charge < -0.3 is 14.7 Å². The van der Waals surface area contributed by atoms with E-state index in [9.17, 15) is 14.4 Å². The molecule has 3 saturated heterocycles. The number of amides is 3. The molecular weight excluding hydrogens is 400 g/mol. The summed E-state index contributed by atoms with van der Waals surface area (Å²) in [7, 11) is 0. The number of carbonyl (C=O) groups excluding carboxylic acids is 3. The Morgan fingerprint density at radius 3 is 2.13 bits per heavy atom. The highest BCUT2D eigenvalue weighted by Crippen LogP contribution is 2.22. The van der Waals surface area contributed by atoms with Crippen molar-refractivity contribution in [2.45, 2.75) is 32.1 Å². The molecule has 0 saturated carbocycles. The molecule has 1 aromatic heterocycles. The lowest BCUT2D eigenvalue weighted by Gasteiger charge is -2.38. The van der Waals surface area contributed by atoms with Gasteiger partial charge in [0.1, 0.15) is 0 Å². The monoisotopic (exact) mass is 432 g/mol. The molecule has 3 amide bonds. The van der Waals surface area contributed by atoms with Gasteiger partial charge in [0.15, 0.2) is 0 Å². The molecule has 164 valence electrons. The SMILES string of the molecule is O=C(CN1CCC(C(=O)N2CCCCC2)CC1)N1CCN(C(=O)c2cccs2)CC1. The number of likely N-dealkylation sites (tertiary alicyclic amines) is 2. The molecule has 3 fully saturated rings. The average molecular weight is 433 g/mol. The van der Waals surface area contributed by atoms with Gasteiger partial charge in [-0.25, -0.2) is 0 Å². The zero-order valence-corrected chi connectivity index (χ0v) is 18.4. The number of rotatable bonds is 4. The molecule has 0 aliphatic carbocycles. The van der Waals surface area contributed by atoms with Crippen molar-refractivity contribution >= 4 is 29.1 Å². The number of piperazine rings is 1. The fraction of sp³-hybridized carbons (Fsp3) is 0.682. The summed E-state index contributed by atoms with van der Waals surface area (Å²) >= 11 is 1.46. The van der Waals surface area contributed by atoms with Gasteiger partial charge in [-0.3, -0.25) is 19.3 Å². The van der Waals surface area contributed by atoms with Gasteiger partial charge in [0, 0.05) is 45.2 Å². The predicted octanol–water partition coefficient (Wildman–Crippen LogP) is 1.76. The van der Waals surface area contributed by atoms with Gasteiger partial charge in [-0.15, -0.1) is 11.3 Å². The molecule has 0 aromatic carbocycles. The van der Waals surface area contributed by atoms with Gasteiger partial charge in [0.2, 0.25) is 11.8 Å². The Hall–Kier alpha value is -1.93. The van der Waals surface area contributed by atoms with Gasteiger partial charge >= 0.3 is 0 Å². The summed E-state index contributed by atoms with van der Waals surface area (Å²) in [5.41, 5.74) is 0. The van der Waals surface area contributed by atoms with Gasteiger partial charge in [-0.05, 0) is 56.6 Å². The summed E-state index contributed by atoms with van der Waals surface area (Å²) < 4.78 is 0. The van der Waals surface area contributed by atoms with E-state index in [0.29, 0.717) is 38.6 Å². The van der Waals surface area contributed by atoms with Crippen LogP contribution < -0.4 is 0 Å². The van der Waals surface area contributed by atoms with Crippen molar-refractivity contribution in [1.29, 1.82) is 0 Å². The summed E-state index contributed by atoms with van der Waals surface area (Å²) in [6.45, 7) is 6.25. The normalized spacial score (nSPS) is 21.7. The van der Waals surface area contributed by atoms with Crippen LogP contribution in [-0.4, -0.2) is 96.2 Å². The van der Waals surface area contributed by atoms with Crippen molar-refractivity contribution in [2.75, 3.05) is 58.9 Å². The van der Waals surface area contributed by atoms with Crippen LogP contribution in [0, 0.1) is 5.92 Å². The highest BCUT2D eigenvalue weighted by Gasteiger charge is 2.31. The molecule has 0 bridgehead atoms. The summed E-state index contributed by atoms with van der Waals surface area (Å²) in [6, 6.07) is 3.74. The maximum Gasteiger partial charge on any atom is 0.264 e. The second kappa shape index (κ2) is 9.92. The fourth-order valence-corrected chi connectivity index (χ4v) is 5.41. The largest absolute Gasteiger partial charge is 0.342 e. The number of carbonyl (C=O) groups is 3. The number of hydrogen-bond donors (Lipinski definition) is 0. The van der Waals surface area contributed by atoms with E-state index in [1.807, 2.05) is 32.2 Å². The van der Waals surface area contributed by atoms with E-state index in [1.54, 1.807) is 0 Å². The van der Waals surface area contributed by atoms with Crippen molar-refractivity contribution < 1.29 is 14.4 Å². The van der Waals surface area contributed by atoms with Crippen LogP contribution in [0.5, 0.6) is 0 Å². The molecule has 3 aliphatic rings. The Bertz CT molecular complexity index is 732. The van der Waals surface area contributed by atoms with E-state index in [1.165, 1.54) is 17.8 Å². The summed E-state index contributed by atoms with van der Waals surface area (Å²) in [6.07, 6.45) is 5.20. The van der Waals surface area contributed by atoms with E-state index in [0.717, 1.165) is 56.7 Å². The van der Waals surface area contributed by atoms with Crippen molar-refractivity contribution in [1.82, 2.24) is 19.6 Å². The third kappa shape index (κ3) is 5.03. The molecule has 4 rings (SSSR count). The zero-order chi connectivity index (χ0) is 20.9. The summed E-state index contributed by atoms with van der Waals surface area (Å²) in [5.74, 6) is 0.657. The molecule has 30 heavy (non-hydrogen) atoms. The molecular formula is C22H32N4O3S. The average Bonchev–Trinajstić information content (AvgIpc) is 3.34. The first-order valence-electron chi connectivity index (χ1n) is 11.2. The molecule has 0 N–H and O–H groups in total. The summed E-state index contributed by atoms with van der Waals surface area (Å²) in [4.78, 5) is 46.6. The van der Waals surface area contributed by atoms with Crippen molar-refractivity contribution in [3.63, 3.8) is 0 Å². The minimum atomic E-state index is 0.0672. The van der Waals surface area contributed by atoms with Crippen LogP contribution in [0.1, 0.15) is 41.8 Å². The zero-order valence-electron chi connectivity index (χ0n) is 17.6. The minimum Gasteiger partial charge on any atom is -0.342 e. The van der Waals surface area contributed by atoms with Crippen LogP contribution in [0.3, 0.4) is 0 Å². The predicted molar refractivity (Wildman–Crippen MR) is 116 cm³/mol. The van der Waals surface area contributed by atoms with Crippen LogP contribution in [-0.2, 0) is 9.59 Å². The molecule has 8 heteroatoms. The highest BCUT2D eigenvalue weighted by molar-refractivity contribution is 7.12. The van der Waals surface area contributed by atoms with Crippen LogP contribution in [0.4, 0.5) is 0 Å². The lowest BCUT2D eigenvalue weighted by molar-refractivity contribution is -0.138. The second-order valence-electron chi connectivity index (χ2n) is 8.59. The Labute approximate surface area is 182 Å². The van der Waals surface area contributed by atoms with Crippen molar-refractivity contribution in [3.05, 3.63) is 22.4 Å². The lowest BCUT2D eigenvalue weighted by Crippen LogP contribution is -2.53. The third-order valence-electron chi connectivity index (χ3n) is 6.61. The number of nitrogens with zero attached hydrogens (tertiary/aromatic N) is 4. The van der Waals surface area contributed by atoms with Gasteiger partial charge in [0.05, 0.1) is 11.4 Å². The molecule has 0 unspecified atom stereocenters. The first-order chi connectivity index (χ1) is 14.6. The second-order valence-corrected chi connectivity index (χ2v) is 9.53. The molecule has 0 atom stereocenters. The van der Waals surface area contributed by atoms with Gasteiger partial charge in [-0.1, -0.05) is 6.07 Å². The highest BCUT2D eigenvalue weighted by atomic mass is 32.1. The Kier molecular flexibility index (Phi) is 7.04. The van der Waals surface area contributed by atoms with Crippen molar-refractivity contribution in [3.8, 4) is 0 Å². The van der Waals surface area contributed by atoms with Gasteiger partial charge in [-0.2, -0.15) is 0 Å². The number of piperidine rings is 2. The molecule has 3 aliphatic heterocycles. The first kappa shape index (κ1) is 21.3. The van der Waals surface area contributed by atoms with Crippen molar-refractivity contribution in [2.24, 2.45) is 5.92 Å². The topological polar surface area (TPSA) is 64.2 Å². The lowest BCUT2D eigenvalue weighted by atomic mass is 9.94. The summed E-state index contributed by atoms with van der Waals surface area (Å²) in [5, 5.41) is 1.91. The number of hydrogen-bond acceptors (Lipinski definition) is 5. The van der Waals surface area contributed by atoms with E-state index in [2.05, 4.69) is 4.90 Å². The standard InChI is InChI=1S/C22H32N4O3S/c27-20(24-12-14-26(15-13-24)22(29)19-5-4-16-30-19)17-23-10-6-18(7-11-23)21(28)25-8-2-1-3-9-25/h4-5,16,18H,1-3,6-15,17H2. The molecule has 1 aromatic rings. The molecule has 4 heterocycles. The number of thiophene rings is 1. The van der Waals surface area contributed by atoms with E-state index >= 15 is 0 Å². The minimum absolute atomic E-state index is 0.0672. The maximum atomic E-state index is 12.7. The Morgan fingerprint density at radius 2 is 1.50 bits per heavy atom. The smallest absolute Gasteiger partial charge is 0.264 e. The first-order valence-corrected chi connectivity index (χ1v) is 12.1. The van der Waals surface area contributed by atoms with Crippen LogP contribution in [0.15, 0.2) is 17.5 Å². The fourth-order valence-electron chi connectivity index (χ4n) is 4.72. The molecule has 7 nitrogen and oxygen atoms in total. The molecule has 0 radical (unpaired) electrons. The van der Waals surface area contributed by atoms with E-state index in [4.69, 9.17) is 0 Å². The van der Waals surface area contributed by atoms with Crippen LogP contribution >= 0.6 is 11.3 Å². The van der Waals surface area contributed by atoms with E-state index in [-0.39, 0.29) is 17.7 Å². The maximum absolute atomic E-state index is 12.7.